The second-order valence-electron chi connectivity index (χ2n) is 6.48. The van der Waals surface area contributed by atoms with E-state index in [9.17, 15) is 9.59 Å². The fourth-order valence-corrected chi connectivity index (χ4v) is 3.78. The zero-order valence-corrected chi connectivity index (χ0v) is 13.8. The lowest BCUT2D eigenvalue weighted by Gasteiger charge is -2.46. The molecule has 0 radical (unpaired) electrons. The van der Waals surface area contributed by atoms with E-state index in [1.165, 1.54) is 25.1 Å². The number of aromatic nitrogens is 1. The second-order valence-corrected chi connectivity index (χ2v) is 6.48. The van der Waals surface area contributed by atoms with Crippen molar-refractivity contribution in [3.63, 3.8) is 0 Å². The lowest BCUT2D eigenvalue weighted by molar-refractivity contribution is 0.0690. The Balaban J connectivity index is 1.73. The van der Waals surface area contributed by atoms with Crippen LogP contribution < -0.4 is 9.80 Å². The fourth-order valence-electron chi connectivity index (χ4n) is 3.78. The van der Waals surface area contributed by atoms with Crippen LogP contribution in [0.5, 0.6) is 0 Å². The third-order valence-electron chi connectivity index (χ3n) is 4.97. The number of fused-ring (bicyclic) bond motifs is 3. The van der Waals surface area contributed by atoms with Crippen molar-refractivity contribution in [1.29, 1.82) is 0 Å². The summed E-state index contributed by atoms with van der Waals surface area (Å²) in [6.07, 6.45) is 4.78. The highest BCUT2D eigenvalue weighted by molar-refractivity contribution is 6.09. The maximum atomic E-state index is 13.1. The van der Waals surface area contributed by atoms with Crippen LogP contribution in [0.3, 0.4) is 0 Å². The number of hydrogen-bond acceptors (Lipinski definition) is 4. The molecule has 6 heteroatoms. The lowest BCUT2D eigenvalue weighted by atomic mass is 9.96. The molecule has 1 aromatic heterocycles. The van der Waals surface area contributed by atoms with Crippen molar-refractivity contribution < 1.29 is 14.7 Å². The normalized spacial score (nSPS) is 19.1. The first-order valence-electron chi connectivity index (χ1n) is 8.52. The molecule has 25 heavy (non-hydrogen) atoms. The topological polar surface area (TPSA) is 73.7 Å². The van der Waals surface area contributed by atoms with Gasteiger partial charge in [0.1, 0.15) is 5.69 Å². The van der Waals surface area contributed by atoms with Gasteiger partial charge in [-0.2, -0.15) is 0 Å². The van der Waals surface area contributed by atoms with E-state index in [2.05, 4.69) is 16.0 Å². The molecule has 4 rings (SSSR count). The molecule has 1 fully saturated rings. The van der Waals surface area contributed by atoms with Crippen molar-refractivity contribution in [1.82, 2.24) is 4.98 Å². The zero-order chi connectivity index (χ0) is 17.4. The molecule has 1 unspecified atom stereocenters. The molecule has 6 nitrogen and oxygen atoms in total. The van der Waals surface area contributed by atoms with Crippen molar-refractivity contribution in [3.05, 3.63) is 53.9 Å². The predicted octanol–water partition coefficient (Wildman–Crippen LogP) is 2.80. The minimum atomic E-state index is -1.13. The number of nitrogens with zero attached hydrogens (tertiary/aromatic N) is 3. The first-order chi connectivity index (χ1) is 12.1. The van der Waals surface area contributed by atoms with Crippen LogP contribution in [-0.2, 0) is 0 Å². The van der Waals surface area contributed by atoms with Gasteiger partial charge >= 0.3 is 5.97 Å². The van der Waals surface area contributed by atoms with Gasteiger partial charge in [0.05, 0.1) is 11.4 Å². The highest BCUT2D eigenvalue weighted by Gasteiger charge is 2.35. The van der Waals surface area contributed by atoms with Gasteiger partial charge in [-0.05, 0) is 43.5 Å². The standard InChI is InChI=1S/C19H19N3O3/c23-18(13-8-9-20-15(11-13)19(24)25)22-12-14-5-3-4-10-21(14)16-6-1-2-7-17(16)22/h1-2,6-9,11,14H,3-5,10,12H2,(H,24,25). The van der Waals surface area contributed by atoms with E-state index >= 15 is 0 Å². The Morgan fingerprint density at radius 1 is 1.12 bits per heavy atom. The van der Waals surface area contributed by atoms with Crippen LogP contribution >= 0.6 is 0 Å². The van der Waals surface area contributed by atoms with Gasteiger partial charge < -0.3 is 14.9 Å². The number of carboxylic acid groups (broad SMARTS) is 1. The van der Waals surface area contributed by atoms with Crippen LogP contribution in [0.1, 0.15) is 40.1 Å². The van der Waals surface area contributed by atoms with Crippen molar-refractivity contribution in [2.75, 3.05) is 22.9 Å². The summed E-state index contributed by atoms with van der Waals surface area (Å²) in [5, 5.41) is 9.12. The van der Waals surface area contributed by atoms with E-state index in [-0.39, 0.29) is 11.6 Å². The van der Waals surface area contributed by atoms with Crippen LogP contribution in [-0.4, -0.2) is 41.1 Å². The van der Waals surface area contributed by atoms with E-state index in [0.717, 1.165) is 24.3 Å². The van der Waals surface area contributed by atoms with Crippen LogP contribution in [0, 0.1) is 0 Å². The van der Waals surface area contributed by atoms with Gasteiger partial charge in [0.15, 0.2) is 0 Å². The first-order valence-corrected chi connectivity index (χ1v) is 8.52. The van der Waals surface area contributed by atoms with Crippen LogP contribution in [0.15, 0.2) is 42.6 Å². The van der Waals surface area contributed by atoms with Gasteiger partial charge in [0.2, 0.25) is 0 Å². The molecule has 0 aliphatic carbocycles. The van der Waals surface area contributed by atoms with Gasteiger partial charge in [-0.3, -0.25) is 4.79 Å². The van der Waals surface area contributed by atoms with Gasteiger partial charge in [0.25, 0.3) is 5.91 Å². The molecular weight excluding hydrogens is 318 g/mol. The number of amides is 1. The summed E-state index contributed by atoms with van der Waals surface area (Å²) in [5.74, 6) is -1.31. The summed E-state index contributed by atoms with van der Waals surface area (Å²) in [6.45, 7) is 1.64. The molecular formula is C19H19N3O3. The largest absolute Gasteiger partial charge is 0.477 e. The molecule has 2 aromatic rings. The molecule has 2 aliphatic rings. The van der Waals surface area contributed by atoms with Gasteiger partial charge in [0, 0.05) is 30.9 Å². The molecule has 2 aliphatic heterocycles. The number of anilines is 2. The number of carbonyl (C=O) groups is 2. The summed E-state index contributed by atoms with van der Waals surface area (Å²) >= 11 is 0. The number of piperidine rings is 1. The Hall–Kier alpha value is -2.89. The van der Waals surface area contributed by atoms with Gasteiger partial charge in [-0.15, -0.1) is 0 Å². The zero-order valence-electron chi connectivity index (χ0n) is 13.8. The highest BCUT2D eigenvalue weighted by atomic mass is 16.4. The number of carbonyl (C=O) groups excluding carboxylic acids is 1. The summed E-state index contributed by atoms with van der Waals surface area (Å²) in [6, 6.07) is 11.2. The van der Waals surface area contributed by atoms with Crippen LogP contribution in [0.2, 0.25) is 0 Å². The van der Waals surface area contributed by atoms with E-state index < -0.39 is 5.97 Å². The molecule has 3 heterocycles. The molecule has 1 saturated heterocycles. The van der Waals surface area contributed by atoms with Crippen molar-refractivity contribution in [2.24, 2.45) is 0 Å². The first kappa shape index (κ1) is 15.6. The number of benzene rings is 1. The lowest BCUT2D eigenvalue weighted by Crippen LogP contribution is -2.53. The summed E-state index contributed by atoms with van der Waals surface area (Å²) < 4.78 is 0. The summed E-state index contributed by atoms with van der Waals surface area (Å²) in [7, 11) is 0. The minimum absolute atomic E-state index is 0.115. The number of pyridine rings is 1. The Bertz CT molecular complexity index is 836. The summed E-state index contributed by atoms with van der Waals surface area (Å²) in [4.78, 5) is 32.2. The Morgan fingerprint density at radius 3 is 2.72 bits per heavy atom. The van der Waals surface area contributed by atoms with Crippen LogP contribution in [0.4, 0.5) is 11.4 Å². The number of para-hydroxylation sites is 2. The van der Waals surface area contributed by atoms with Crippen molar-refractivity contribution >= 4 is 23.3 Å². The Morgan fingerprint density at radius 2 is 1.92 bits per heavy atom. The van der Waals surface area contributed by atoms with Crippen LogP contribution in [0.25, 0.3) is 0 Å². The van der Waals surface area contributed by atoms with E-state index in [0.29, 0.717) is 18.2 Å². The molecule has 0 bridgehead atoms. The monoisotopic (exact) mass is 337 g/mol. The van der Waals surface area contributed by atoms with Gasteiger partial charge in [-0.25, -0.2) is 9.78 Å². The van der Waals surface area contributed by atoms with E-state index in [1.54, 1.807) is 11.0 Å². The maximum Gasteiger partial charge on any atom is 0.354 e. The van der Waals surface area contributed by atoms with Crippen molar-refractivity contribution in [3.8, 4) is 0 Å². The Labute approximate surface area is 145 Å². The third kappa shape index (κ3) is 2.73. The smallest absolute Gasteiger partial charge is 0.354 e. The highest BCUT2D eigenvalue weighted by Crippen LogP contribution is 2.39. The average Bonchev–Trinajstić information content (AvgIpc) is 2.67. The summed E-state index contributed by atoms with van der Waals surface area (Å²) in [5.41, 5.74) is 2.21. The molecule has 128 valence electrons. The molecule has 0 spiro atoms. The molecule has 0 saturated carbocycles. The predicted molar refractivity (Wildman–Crippen MR) is 94.3 cm³/mol. The minimum Gasteiger partial charge on any atom is -0.477 e. The molecule has 1 N–H and O–H groups in total. The molecule has 1 atom stereocenters. The van der Waals surface area contributed by atoms with Gasteiger partial charge in [-0.1, -0.05) is 12.1 Å². The quantitative estimate of drug-likeness (QED) is 0.912. The SMILES string of the molecule is O=C(O)c1cc(C(=O)N2CC3CCCCN3c3ccccc32)ccn1. The number of carboxylic acids is 1. The number of aromatic carboxylic acids is 1. The second kappa shape index (κ2) is 6.20. The van der Waals surface area contributed by atoms with E-state index in [4.69, 9.17) is 5.11 Å². The fraction of sp³-hybridized carbons (Fsp3) is 0.316. The maximum absolute atomic E-state index is 13.1. The molecule has 1 amide bonds. The van der Waals surface area contributed by atoms with Crippen molar-refractivity contribution in [2.45, 2.75) is 25.3 Å². The number of hydrogen-bond donors (Lipinski definition) is 1. The van der Waals surface area contributed by atoms with E-state index in [1.807, 2.05) is 18.2 Å². The Kier molecular flexibility index (Phi) is 3.87. The molecule has 1 aromatic carbocycles. The average molecular weight is 337 g/mol. The number of rotatable bonds is 2. The third-order valence-corrected chi connectivity index (χ3v) is 4.97.